The molecule has 1 unspecified atom stereocenters. The molecule has 3 nitrogen and oxygen atoms in total. The third-order valence-electron chi connectivity index (χ3n) is 2.62. The lowest BCUT2D eigenvalue weighted by atomic mass is 9.90. The van der Waals surface area contributed by atoms with Crippen molar-refractivity contribution in [3.63, 3.8) is 0 Å². The van der Waals surface area contributed by atoms with Gasteiger partial charge < -0.3 is 10.8 Å². The molecule has 15 heavy (non-hydrogen) atoms. The van der Waals surface area contributed by atoms with Gasteiger partial charge in [-0.1, -0.05) is 18.2 Å². The number of rotatable bonds is 2. The van der Waals surface area contributed by atoms with Crippen LogP contribution in [0, 0.1) is 0 Å². The Kier molecular flexibility index (Phi) is 2.42. The summed E-state index contributed by atoms with van der Waals surface area (Å²) in [6.45, 7) is 1.75. The van der Waals surface area contributed by atoms with E-state index < -0.39 is 5.54 Å². The standard InChI is InChI=1S/C12H14N2O/c1-12(13,8-15)11-4-2-3-9-7-14-6-5-10(9)11/h2-7,15H,8,13H2,1H3. The maximum Gasteiger partial charge on any atom is 0.0650 e. The minimum atomic E-state index is -0.707. The van der Waals surface area contributed by atoms with E-state index in [4.69, 9.17) is 5.73 Å². The molecule has 3 N–H and O–H groups in total. The molecule has 0 radical (unpaired) electrons. The smallest absolute Gasteiger partial charge is 0.0650 e. The molecule has 2 rings (SSSR count). The number of aliphatic hydroxyl groups excluding tert-OH is 1. The lowest BCUT2D eigenvalue weighted by Crippen LogP contribution is -2.37. The van der Waals surface area contributed by atoms with E-state index in [-0.39, 0.29) is 6.61 Å². The molecule has 0 fully saturated rings. The molecule has 78 valence electrons. The summed E-state index contributed by atoms with van der Waals surface area (Å²) in [4.78, 5) is 4.06. The molecule has 0 aliphatic carbocycles. The second-order valence-corrected chi connectivity index (χ2v) is 3.98. The lowest BCUT2D eigenvalue weighted by molar-refractivity contribution is 0.211. The van der Waals surface area contributed by atoms with Crippen molar-refractivity contribution in [3.8, 4) is 0 Å². The van der Waals surface area contributed by atoms with Crippen molar-refractivity contribution in [2.45, 2.75) is 12.5 Å². The Morgan fingerprint density at radius 2 is 2.20 bits per heavy atom. The summed E-state index contributed by atoms with van der Waals surface area (Å²) in [5.74, 6) is 0. The zero-order chi connectivity index (χ0) is 10.9. The third-order valence-corrected chi connectivity index (χ3v) is 2.62. The Bertz CT molecular complexity index is 475. The summed E-state index contributed by atoms with van der Waals surface area (Å²) < 4.78 is 0. The van der Waals surface area contributed by atoms with Crippen LogP contribution in [0.15, 0.2) is 36.7 Å². The fourth-order valence-corrected chi connectivity index (χ4v) is 1.71. The molecule has 0 aliphatic heterocycles. The molecule has 0 aliphatic rings. The summed E-state index contributed by atoms with van der Waals surface area (Å²) in [5, 5.41) is 11.4. The number of aliphatic hydroxyl groups is 1. The molecule has 0 saturated carbocycles. The number of fused-ring (bicyclic) bond motifs is 1. The van der Waals surface area contributed by atoms with Crippen LogP contribution in [0.25, 0.3) is 10.8 Å². The van der Waals surface area contributed by atoms with E-state index >= 15 is 0 Å². The number of benzene rings is 1. The van der Waals surface area contributed by atoms with Gasteiger partial charge in [0, 0.05) is 17.8 Å². The van der Waals surface area contributed by atoms with Crippen LogP contribution in [0.2, 0.25) is 0 Å². The van der Waals surface area contributed by atoms with Gasteiger partial charge in [0.05, 0.1) is 12.1 Å². The highest BCUT2D eigenvalue weighted by Crippen LogP contribution is 2.25. The summed E-state index contributed by atoms with van der Waals surface area (Å²) in [6, 6.07) is 7.78. The predicted octanol–water partition coefficient (Wildman–Crippen LogP) is 1.40. The molecular weight excluding hydrogens is 188 g/mol. The minimum absolute atomic E-state index is 0.0750. The van der Waals surface area contributed by atoms with E-state index in [1.807, 2.05) is 31.2 Å². The maximum absolute atomic E-state index is 9.27. The second-order valence-electron chi connectivity index (χ2n) is 3.98. The fraction of sp³-hybridized carbons (Fsp3) is 0.250. The summed E-state index contributed by atoms with van der Waals surface area (Å²) >= 11 is 0. The molecule has 0 spiro atoms. The average molecular weight is 202 g/mol. The van der Waals surface area contributed by atoms with Crippen molar-refractivity contribution in [2.75, 3.05) is 6.61 Å². The van der Waals surface area contributed by atoms with Gasteiger partial charge in [0.1, 0.15) is 0 Å². The number of hydrogen-bond acceptors (Lipinski definition) is 3. The Morgan fingerprint density at radius 3 is 2.93 bits per heavy atom. The van der Waals surface area contributed by atoms with Crippen LogP contribution in [-0.4, -0.2) is 16.7 Å². The molecular formula is C12H14N2O. The summed E-state index contributed by atoms with van der Waals surface area (Å²) in [6.07, 6.45) is 3.53. The Hall–Kier alpha value is -1.45. The first-order valence-corrected chi connectivity index (χ1v) is 4.88. The van der Waals surface area contributed by atoms with Crippen LogP contribution in [0.1, 0.15) is 12.5 Å². The van der Waals surface area contributed by atoms with E-state index in [0.717, 1.165) is 16.3 Å². The van der Waals surface area contributed by atoms with Crippen LogP contribution in [0.3, 0.4) is 0 Å². The Balaban J connectivity index is 2.71. The van der Waals surface area contributed by atoms with E-state index in [0.29, 0.717) is 0 Å². The Labute approximate surface area is 88.6 Å². The van der Waals surface area contributed by atoms with Crippen molar-refractivity contribution in [2.24, 2.45) is 5.73 Å². The highest BCUT2D eigenvalue weighted by atomic mass is 16.3. The predicted molar refractivity (Wildman–Crippen MR) is 60.4 cm³/mol. The highest BCUT2D eigenvalue weighted by Gasteiger charge is 2.21. The molecule has 1 heterocycles. The van der Waals surface area contributed by atoms with Crippen LogP contribution < -0.4 is 5.73 Å². The first-order chi connectivity index (χ1) is 7.15. The van der Waals surface area contributed by atoms with Crippen LogP contribution in [-0.2, 0) is 5.54 Å². The van der Waals surface area contributed by atoms with Gasteiger partial charge in [0.15, 0.2) is 0 Å². The van der Waals surface area contributed by atoms with Crippen LogP contribution in [0.5, 0.6) is 0 Å². The molecule has 1 aromatic heterocycles. The molecule has 1 atom stereocenters. The van der Waals surface area contributed by atoms with Crippen molar-refractivity contribution >= 4 is 10.8 Å². The fourth-order valence-electron chi connectivity index (χ4n) is 1.71. The van der Waals surface area contributed by atoms with Gasteiger partial charge in [-0.3, -0.25) is 4.98 Å². The van der Waals surface area contributed by atoms with Gasteiger partial charge in [-0.2, -0.15) is 0 Å². The van der Waals surface area contributed by atoms with E-state index in [9.17, 15) is 5.11 Å². The maximum atomic E-state index is 9.27. The van der Waals surface area contributed by atoms with Gasteiger partial charge in [-0.25, -0.2) is 0 Å². The molecule has 2 aromatic rings. The van der Waals surface area contributed by atoms with Crippen molar-refractivity contribution in [1.29, 1.82) is 0 Å². The van der Waals surface area contributed by atoms with Crippen LogP contribution in [0.4, 0.5) is 0 Å². The number of nitrogens with zero attached hydrogens (tertiary/aromatic N) is 1. The summed E-state index contributed by atoms with van der Waals surface area (Å²) in [5.41, 5.74) is 6.27. The minimum Gasteiger partial charge on any atom is -0.394 e. The lowest BCUT2D eigenvalue weighted by Gasteiger charge is -2.23. The third kappa shape index (κ3) is 1.71. The second kappa shape index (κ2) is 3.61. The average Bonchev–Trinajstić information content (AvgIpc) is 2.28. The number of hydrogen-bond donors (Lipinski definition) is 2. The largest absolute Gasteiger partial charge is 0.394 e. The highest BCUT2D eigenvalue weighted by molar-refractivity contribution is 5.85. The number of pyridine rings is 1. The van der Waals surface area contributed by atoms with E-state index in [1.54, 1.807) is 12.4 Å². The van der Waals surface area contributed by atoms with Gasteiger partial charge in [-0.05, 0) is 23.9 Å². The monoisotopic (exact) mass is 202 g/mol. The Morgan fingerprint density at radius 1 is 1.40 bits per heavy atom. The van der Waals surface area contributed by atoms with Gasteiger partial charge >= 0.3 is 0 Å². The number of nitrogens with two attached hydrogens (primary N) is 1. The van der Waals surface area contributed by atoms with Crippen molar-refractivity contribution in [3.05, 3.63) is 42.2 Å². The van der Waals surface area contributed by atoms with Crippen molar-refractivity contribution in [1.82, 2.24) is 4.98 Å². The first-order valence-electron chi connectivity index (χ1n) is 4.88. The van der Waals surface area contributed by atoms with E-state index in [2.05, 4.69) is 4.98 Å². The van der Waals surface area contributed by atoms with Crippen LogP contribution >= 0.6 is 0 Å². The SMILES string of the molecule is CC(N)(CO)c1cccc2cnccc12. The number of aromatic nitrogens is 1. The molecule has 0 saturated heterocycles. The van der Waals surface area contributed by atoms with Gasteiger partial charge in [0.25, 0.3) is 0 Å². The molecule has 1 aromatic carbocycles. The quantitative estimate of drug-likeness (QED) is 0.774. The summed E-state index contributed by atoms with van der Waals surface area (Å²) in [7, 11) is 0. The molecule has 0 bridgehead atoms. The van der Waals surface area contributed by atoms with E-state index in [1.165, 1.54) is 0 Å². The molecule has 3 heteroatoms. The van der Waals surface area contributed by atoms with Gasteiger partial charge in [-0.15, -0.1) is 0 Å². The van der Waals surface area contributed by atoms with Crippen molar-refractivity contribution < 1.29 is 5.11 Å². The normalized spacial score (nSPS) is 15.1. The molecule has 0 amide bonds. The zero-order valence-corrected chi connectivity index (χ0v) is 8.64. The van der Waals surface area contributed by atoms with Gasteiger partial charge in [0.2, 0.25) is 0 Å². The zero-order valence-electron chi connectivity index (χ0n) is 8.64. The first kappa shape index (κ1) is 10.1. The topological polar surface area (TPSA) is 59.1 Å².